The summed E-state index contributed by atoms with van der Waals surface area (Å²) in [6, 6.07) is 2.52. The van der Waals surface area contributed by atoms with Crippen molar-refractivity contribution in [1.82, 2.24) is 9.97 Å². The van der Waals surface area contributed by atoms with E-state index in [2.05, 4.69) is 22.2 Å². The summed E-state index contributed by atoms with van der Waals surface area (Å²) < 4.78 is 0. The van der Waals surface area contributed by atoms with Crippen LogP contribution in [0.4, 0.5) is 5.82 Å². The molecular weight excluding hydrogens is 206 g/mol. The van der Waals surface area contributed by atoms with E-state index in [0.29, 0.717) is 6.04 Å². The maximum Gasteiger partial charge on any atom is 0.130 e. The Kier molecular flexibility index (Phi) is 3.46. The molecule has 82 valence electrons. The molecule has 1 heterocycles. The largest absolute Gasteiger partial charge is 0.367 e. The molecule has 1 aliphatic carbocycles. The Morgan fingerprint density at radius 1 is 1.53 bits per heavy atom. The monoisotopic (exact) mass is 223 g/mol. The van der Waals surface area contributed by atoms with Crippen LogP contribution in [0.15, 0.2) is 17.4 Å². The second-order valence-corrected chi connectivity index (χ2v) is 5.00. The van der Waals surface area contributed by atoms with Gasteiger partial charge in [-0.1, -0.05) is 12.8 Å². The van der Waals surface area contributed by atoms with Crippen LogP contribution in [0.25, 0.3) is 0 Å². The molecule has 1 N–H and O–H groups in total. The molecule has 2 rings (SSSR count). The van der Waals surface area contributed by atoms with Gasteiger partial charge in [-0.05, 0) is 25.5 Å². The minimum atomic E-state index is 0.516. The van der Waals surface area contributed by atoms with Crippen LogP contribution in [-0.4, -0.2) is 22.3 Å². The summed E-state index contributed by atoms with van der Waals surface area (Å²) in [7, 11) is 0. The minimum absolute atomic E-state index is 0.516. The van der Waals surface area contributed by atoms with Crippen LogP contribution in [0.2, 0.25) is 0 Å². The maximum atomic E-state index is 4.22. The van der Waals surface area contributed by atoms with Gasteiger partial charge in [-0.15, -0.1) is 11.8 Å². The molecule has 0 amide bonds. The van der Waals surface area contributed by atoms with Crippen molar-refractivity contribution < 1.29 is 0 Å². The average Bonchev–Trinajstić information content (AvgIpc) is 3.02. The molecule has 0 saturated heterocycles. The van der Waals surface area contributed by atoms with Crippen molar-refractivity contribution in [1.29, 1.82) is 0 Å². The first-order chi connectivity index (χ1) is 7.28. The first kappa shape index (κ1) is 10.7. The summed E-state index contributed by atoms with van der Waals surface area (Å²) in [6.07, 6.45) is 7.73. The normalized spacial score (nSPS) is 17.5. The number of nitrogens with zero attached hydrogens (tertiary/aromatic N) is 2. The molecule has 1 aromatic rings. The zero-order chi connectivity index (χ0) is 10.7. The number of hydrogen-bond donors (Lipinski definition) is 1. The van der Waals surface area contributed by atoms with Crippen molar-refractivity contribution in [3.63, 3.8) is 0 Å². The third kappa shape index (κ3) is 3.38. The summed E-state index contributed by atoms with van der Waals surface area (Å²) >= 11 is 1.65. The topological polar surface area (TPSA) is 37.8 Å². The molecule has 0 spiro atoms. The van der Waals surface area contributed by atoms with Gasteiger partial charge in [0.15, 0.2) is 0 Å². The average molecular weight is 223 g/mol. The van der Waals surface area contributed by atoms with E-state index in [9.17, 15) is 0 Å². The predicted octanol–water partition coefficient (Wildman–Crippen LogP) is 2.80. The minimum Gasteiger partial charge on any atom is -0.367 e. The highest BCUT2D eigenvalue weighted by atomic mass is 32.2. The molecule has 1 aliphatic rings. The molecule has 1 atom stereocenters. The molecule has 1 fully saturated rings. The zero-order valence-corrected chi connectivity index (χ0v) is 10.0. The Hall–Kier alpha value is -0.770. The van der Waals surface area contributed by atoms with Gasteiger partial charge in [0.2, 0.25) is 0 Å². The van der Waals surface area contributed by atoms with Gasteiger partial charge in [-0.25, -0.2) is 9.97 Å². The van der Waals surface area contributed by atoms with Gasteiger partial charge in [-0.3, -0.25) is 0 Å². The molecule has 0 aromatic carbocycles. The van der Waals surface area contributed by atoms with Crippen molar-refractivity contribution in [3.8, 4) is 0 Å². The third-order valence-electron chi connectivity index (χ3n) is 2.63. The van der Waals surface area contributed by atoms with Gasteiger partial charge < -0.3 is 5.32 Å². The molecule has 0 aliphatic heterocycles. The lowest BCUT2D eigenvalue weighted by Gasteiger charge is -2.13. The Labute approximate surface area is 95.1 Å². The highest BCUT2D eigenvalue weighted by Crippen LogP contribution is 2.34. The molecule has 0 bridgehead atoms. The number of hydrogen-bond acceptors (Lipinski definition) is 4. The van der Waals surface area contributed by atoms with Crippen LogP contribution in [0, 0.1) is 5.92 Å². The van der Waals surface area contributed by atoms with Gasteiger partial charge in [0.25, 0.3) is 0 Å². The van der Waals surface area contributed by atoms with Crippen LogP contribution in [-0.2, 0) is 0 Å². The van der Waals surface area contributed by atoms with E-state index in [0.717, 1.165) is 16.8 Å². The first-order valence-electron chi connectivity index (χ1n) is 5.40. The SMILES string of the molecule is CSc1cc(NC(C)CC2CC2)ncn1. The van der Waals surface area contributed by atoms with E-state index in [1.54, 1.807) is 18.1 Å². The maximum absolute atomic E-state index is 4.22. The second kappa shape index (κ2) is 4.84. The highest BCUT2D eigenvalue weighted by molar-refractivity contribution is 7.98. The van der Waals surface area contributed by atoms with Crippen molar-refractivity contribution in [2.45, 2.75) is 37.3 Å². The lowest BCUT2D eigenvalue weighted by Crippen LogP contribution is -2.16. The van der Waals surface area contributed by atoms with Crippen molar-refractivity contribution in [2.75, 3.05) is 11.6 Å². The van der Waals surface area contributed by atoms with Crippen LogP contribution in [0.5, 0.6) is 0 Å². The summed E-state index contributed by atoms with van der Waals surface area (Å²) in [5.41, 5.74) is 0. The number of anilines is 1. The quantitative estimate of drug-likeness (QED) is 0.615. The molecule has 1 saturated carbocycles. The van der Waals surface area contributed by atoms with E-state index >= 15 is 0 Å². The number of nitrogens with one attached hydrogen (secondary N) is 1. The fourth-order valence-corrected chi connectivity index (χ4v) is 2.08. The Balaban J connectivity index is 1.90. The second-order valence-electron chi connectivity index (χ2n) is 4.17. The molecule has 1 aromatic heterocycles. The van der Waals surface area contributed by atoms with E-state index in [-0.39, 0.29) is 0 Å². The fourth-order valence-electron chi connectivity index (χ4n) is 1.69. The van der Waals surface area contributed by atoms with Crippen LogP contribution in [0.1, 0.15) is 26.2 Å². The van der Waals surface area contributed by atoms with Gasteiger partial charge >= 0.3 is 0 Å². The van der Waals surface area contributed by atoms with E-state index in [1.807, 2.05) is 12.3 Å². The van der Waals surface area contributed by atoms with E-state index < -0.39 is 0 Å². The van der Waals surface area contributed by atoms with Gasteiger partial charge in [-0.2, -0.15) is 0 Å². The first-order valence-corrected chi connectivity index (χ1v) is 6.63. The van der Waals surface area contributed by atoms with Crippen molar-refractivity contribution in [2.24, 2.45) is 5.92 Å². The van der Waals surface area contributed by atoms with E-state index in [4.69, 9.17) is 0 Å². The lowest BCUT2D eigenvalue weighted by molar-refractivity contribution is 0.639. The Morgan fingerprint density at radius 2 is 2.33 bits per heavy atom. The molecule has 1 unspecified atom stereocenters. The molecule has 3 nitrogen and oxygen atoms in total. The van der Waals surface area contributed by atoms with E-state index in [1.165, 1.54) is 19.3 Å². The lowest BCUT2D eigenvalue weighted by atomic mass is 10.1. The third-order valence-corrected chi connectivity index (χ3v) is 3.27. The number of thioether (sulfide) groups is 1. The summed E-state index contributed by atoms with van der Waals surface area (Å²) in [5.74, 6) is 1.90. The number of aromatic nitrogens is 2. The Bertz CT molecular complexity index is 325. The molecular formula is C11H17N3S. The molecule has 15 heavy (non-hydrogen) atoms. The van der Waals surface area contributed by atoms with Crippen molar-refractivity contribution >= 4 is 17.6 Å². The standard InChI is InChI=1S/C11H17N3S/c1-8(5-9-3-4-9)14-10-6-11(15-2)13-7-12-10/h6-9H,3-5H2,1-2H3,(H,12,13,14). The molecule has 4 heteroatoms. The zero-order valence-electron chi connectivity index (χ0n) is 9.23. The Morgan fingerprint density at radius 3 is 3.00 bits per heavy atom. The smallest absolute Gasteiger partial charge is 0.130 e. The molecule has 0 radical (unpaired) electrons. The fraction of sp³-hybridized carbons (Fsp3) is 0.636. The van der Waals surface area contributed by atoms with Crippen molar-refractivity contribution in [3.05, 3.63) is 12.4 Å². The van der Waals surface area contributed by atoms with Crippen LogP contribution >= 0.6 is 11.8 Å². The predicted molar refractivity (Wildman–Crippen MR) is 64.2 cm³/mol. The van der Waals surface area contributed by atoms with Gasteiger partial charge in [0.1, 0.15) is 17.2 Å². The summed E-state index contributed by atoms with van der Waals surface area (Å²) in [6.45, 7) is 2.22. The van der Waals surface area contributed by atoms with Crippen LogP contribution in [0.3, 0.4) is 0 Å². The summed E-state index contributed by atoms with van der Waals surface area (Å²) in [5, 5.41) is 4.44. The summed E-state index contributed by atoms with van der Waals surface area (Å²) in [4.78, 5) is 8.37. The highest BCUT2D eigenvalue weighted by Gasteiger charge is 2.23. The van der Waals surface area contributed by atoms with Gasteiger partial charge in [0, 0.05) is 12.1 Å². The van der Waals surface area contributed by atoms with Crippen LogP contribution < -0.4 is 5.32 Å². The van der Waals surface area contributed by atoms with Gasteiger partial charge in [0.05, 0.1) is 0 Å². The number of rotatable bonds is 5.